The molecule has 0 aliphatic heterocycles. The molecule has 1 heterocycles. The minimum Gasteiger partial charge on any atom is -0.508 e. The van der Waals surface area contributed by atoms with E-state index in [2.05, 4.69) is 4.98 Å². The number of phenols is 1. The van der Waals surface area contributed by atoms with Crippen molar-refractivity contribution in [3.05, 3.63) is 47.1 Å². The number of aromatic nitrogens is 1. The summed E-state index contributed by atoms with van der Waals surface area (Å²) in [4.78, 5) is 3.59. The first kappa shape index (κ1) is 17.2. The predicted molar refractivity (Wildman–Crippen MR) is 78.0 cm³/mol. The van der Waals surface area contributed by atoms with Crippen LogP contribution in [0, 0.1) is 0 Å². The lowest BCUT2D eigenvalue weighted by atomic mass is 10.3. The number of alkyl halides is 3. The van der Waals surface area contributed by atoms with Gasteiger partial charge in [-0.15, -0.1) is 0 Å². The van der Waals surface area contributed by atoms with E-state index in [9.17, 15) is 18.3 Å². The Morgan fingerprint density at radius 2 is 1.83 bits per heavy atom. The molecule has 0 saturated heterocycles. The number of rotatable bonds is 6. The Hall–Kier alpha value is -2.15. The highest BCUT2D eigenvalue weighted by Crippen LogP contribution is 2.29. The van der Waals surface area contributed by atoms with E-state index in [0.717, 1.165) is 12.3 Å². The molecule has 0 amide bonds. The number of hydrogen-bond donors (Lipinski definition) is 1. The Bertz CT molecular complexity index is 627. The number of phenolic OH excluding ortho intramolecular Hbond substituents is 1. The zero-order chi connectivity index (χ0) is 16.9. The van der Waals surface area contributed by atoms with Crippen LogP contribution in [0.4, 0.5) is 13.2 Å². The van der Waals surface area contributed by atoms with E-state index >= 15 is 0 Å². The molecule has 23 heavy (non-hydrogen) atoms. The fourth-order valence-corrected chi connectivity index (χ4v) is 1.91. The van der Waals surface area contributed by atoms with Crippen molar-refractivity contribution in [1.29, 1.82) is 0 Å². The number of nitrogens with zero attached hydrogens (tertiary/aromatic N) is 1. The van der Waals surface area contributed by atoms with Crippen molar-refractivity contribution in [3.8, 4) is 17.4 Å². The average Bonchev–Trinajstić information content (AvgIpc) is 2.45. The molecule has 0 spiro atoms. The Morgan fingerprint density at radius 3 is 2.43 bits per heavy atom. The molecule has 0 fully saturated rings. The smallest absolute Gasteiger partial charge is 0.417 e. The summed E-state index contributed by atoms with van der Waals surface area (Å²) in [5, 5.41) is 9.70. The maximum Gasteiger partial charge on any atom is 0.417 e. The Balaban J connectivity index is 1.73. The second-order valence-electron chi connectivity index (χ2n) is 4.58. The number of halogens is 4. The van der Waals surface area contributed by atoms with Crippen molar-refractivity contribution in [2.45, 2.75) is 12.6 Å². The van der Waals surface area contributed by atoms with Gasteiger partial charge in [0.05, 0.1) is 18.8 Å². The first-order chi connectivity index (χ1) is 10.8. The monoisotopic (exact) mass is 347 g/mol. The van der Waals surface area contributed by atoms with Crippen LogP contribution >= 0.6 is 11.6 Å². The molecule has 8 heteroatoms. The summed E-state index contributed by atoms with van der Waals surface area (Å²) in [5.74, 6) is 0.527. The van der Waals surface area contributed by atoms with Gasteiger partial charge in [-0.1, -0.05) is 11.6 Å². The van der Waals surface area contributed by atoms with Crippen LogP contribution in [0.3, 0.4) is 0 Å². The molecule has 2 aromatic rings. The van der Waals surface area contributed by atoms with E-state index in [1.807, 2.05) is 0 Å². The van der Waals surface area contributed by atoms with Crippen molar-refractivity contribution < 1.29 is 27.8 Å². The summed E-state index contributed by atoms with van der Waals surface area (Å²) in [5.41, 5.74) is -0.825. The molecule has 0 bridgehead atoms. The quantitative estimate of drug-likeness (QED) is 0.791. The fourth-order valence-electron chi connectivity index (χ4n) is 1.69. The molecule has 1 aromatic carbocycles. The minimum atomic E-state index is -4.41. The lowest BCUT2D eigenvalue weighted by Crippen LogP contribution is -2.08. The van der Waals surface area contributed by atoms with Gasteiger partial charge in [0, 0.05) is 29.8 Å². The maximum absolute atomic E-state index is 12.4. The third-order valence-corrected chi connectivity index (χ3v) is 2.95. The first-order valence-corrected chi connectivity index (χ1v) is 7.01. The van der Waals surface area contributed by atoms with Gasteiger partial charge in [-0.05, 0) is 18.2 Å². The van der Waals surface area contributed by atoms with Crippen LogP contribution in [-0.2, 0) is 6.18 Å². The Kier molecular flexibility index (Phi) is 5.54. The molecule has 0 radical (unpaired) electrons. The van der Waals surface area contributed by atoms with Crippen LogP contribution in [0.1, 0.15) is 12.0 Å². The molecule has 0 saturated carbocycles. The van der Waals surface area contributed by atoms with Gasteiger partial charge in [0.1, 0.15) is 11.5 Å². The number of pyridine rings is 1. The largest absolute Gasteiger partial charge is 0.508 e. The highest BCUT2D eigenvalue weighted by atomic mass is 35.5. The second-order valence-corrected chi connectivity index (χ2v) is 5.01. The molecule has 0 aliphatic carbocycles. The summed E-state index contributed by atoms with van der Waals surface area (Å²) in [6.07, 6.45) is -3.21. The molecular weight excluding hydrogens is 335 g/mol. The van der Waals surface area contributed by atoms with E-state index in [1.165, 1.54) is 18.2 Å². The van der Waals surface area contributed by atoms with Crippen molar-refractivity contribution in [2.24, 2.45) is 0 Å². The van der Waals surface area contributed by atoms with Crippen molar-refractivity contribution in [3.63, 3.8) is 0 Å². The molecular formula is C15H13ClF3NO3. The lowest BCUT2D eigenvalue weighted by molar-refractivity contribution is -0.137. The van der Waals surface area contributed by atoms with Crippen LogP contribution in [0.15, 0.2) is 36.5 Å². The summed E-state index contributed by atoms with van der Waals surface area (Å²) < 4.78 is 47.7. The van der Waals surface area contributed by atoms with Gasteiger partial charge in [-0.25, -0.2) is 4.98 Å². The van der Waals surface area contributed by atoms with E-state index < -0.39 is 11.7 Å². The fraction of sp³-hybridized carbons (Fsp3) is 0.267. The highest BCUT2D eigenvalue weighted by Gasteiger charge is 2.30. The molecule has 1 N–H and O–H groups in total. The molecule has 0 unspecified atom stereocenters. The number of ether oxygens (including phenoxy) is 2. The van der Waals surface area contributed by atoms with Crippen LogP contribution in [0.5, 0.6) is 17.4 Å². The Morgan fingerprint density at radius 1 is 1.09 bits per heavy atom. The molecule has 4 nitrogen and oxygen atoms in total. The number of benzene rings is 1. The summed E-state index contributed by atoms with van der Waals surface area (Å²) in [6, 6.07) is 6.43. The zero-order valence-corrected chi connectivity index (χ0v) is 12.6. The van der Waals surface area contributed by atoms with E-state index in [-0.39, 0.29) is 18.2 Å². The zero-order valence-electron chi connectivity index (χ0n) is 11.8. The van der Waals surface area contributed by atoms with Gasteiger partial charge in [-0.3, -0.25) is 0 Å². The Labute approximate surface area is 135 Å². The first-order valence-electron chi connectivity index (χ1n) is 6.63. The van der Waals surface area contributed by atoms with Gasteiger partial charge in [-0.2, -0.15) is 13.2 Å². The van der Waals surface area contributed by atoms with E-state index in [1.54, 1.807) is 6.07 Å². The summed E-state index contributed by atoms with van der Waals surface area (Å²) >= 11 is 5.76. The molecule has 124 valence electrons. The van der Waals surface area contributed by atoms with E-state index in [0.29, 0.717) is 23.8 Å². The molecule has 0 atom stereocenters. The van der Waals surface area contributed by atoms with Crippen molar-refractivity contribution in [2.75, 3.05) is 13.2 Å². The van der Waals surface area contributed by atoms with Crippen LogP contribution in [0.25, 0.3) is 0 Å². The van der Waals surface area contributed by atoms with Crippen LogP contribution in [0.2, 0.25) is 5.02 Å². The van der Waals surface area contributed by atoms with Crippen molar-refractivity contribution in [1.82, 2.24) is 4.98 Å². The molecule has 0 aliphatic rings. The predicted octanol–water partition coefficient (Wildman–Crippen LogP) is 4.31. The molecule has 1 aromatic heterocycles. The van der Waals surface area contributed by atoms with Gasteiger partial charge >= 0.3 is 6.18 Å². The minimum absolute atomic E-state index is 0.00213. The van der Waals surface area contributed by atoms with Gasteiger partial charge < -0.3 is 14.6 Å². The third-order valence-electron chi connectivity index (χ3n) is 2.73. The normalized spacial score (nSPS) is 11.3. The van der Waals surface area contributed by atoms with Gasteiger partial charge in [0.15, 0.2) is 0 Å². The highest BCUT2D eigenvalue weighted by molar-refractivity contribution is 6.30. The summed E-state index contributed by atoms with van der Waals surface area (Å²) in [6.45, 7) is 0.519. The van der Waals surface area contributed by atoms with Crippen LogP contribution in [-0.4, -0.2) is 23.3 Å². The maximum atomic E-state index is 12.4. The standard InChI is InChI=1S/C15H13ClF3NO3/c16-11-6-12(21)8-13(7-11)22-4-1-5-23-14-3-2-10(9-20-14)15(17,18)19/h2-3,6-9,21H,1,4-5H2. The lowest BCUT2D eigenvalue weighted by Gasteiger charge is -2.09. The second kappa shape index (κ2) is 7.41. The number of hydrogen-bond acceptors (Lipinski definition) is 4. The topological polar surface area (TPSA) is 51.6 Å². The summed E-state index contributed by atoms with van der Waals surface area (Å²) in [7, 11) is 0. The van der Waals surface area contributed by atoms with Gasteiger partial charge in [0.2, 0.25) is 5.88 Å². The van der Waals surface area contributed by atoms with Crippen molar-refractivity contribution >= 4 is 11.6 Å². The van der Waals surface area contributed by atoms with Crippen LogP contribution < -0.4 is 9.47 Å². The number of aromatic hydroxyl groups is 1. The van der Waals surface area contributed by atoms with Gasteiger partial charge in [0.25, 0.3) is 0 Å². The third kappa shape index (κ3) is 5.52. The SMILES string of the molecule is Oc1cc(Cl)cc(OCCCOc2ccc(C(F)(F)F)cn2)c1. The average molecular weight is 348 g/mol. The van der Waals surface area contributed by atoms with E-state index in [4.69, 9.17) is 21.1 Å². The molecule has 2 rings (SSSR count).